The van der Waals surface area contributed by atoms with Gasteiger partial charge in [0.2, 0.25) is 6.41 Å². The van der Waals surface area contributed by atoms with Crippen molar-refractivity contribution in [3.8, 4) is 0 Å². The molecular formula is C8H11N3O. The summed E-state index contributed by atoms with van der Waals surface area (Å²) in [6.07, 6.45) is 0.628. The normalized spacial score (nSPS) is 9.33. The average Bonchev–Trinajstić information content (AvgIpc) is 2.08. The van der Waals surface area contributed by atoms with Gasteiger partial charge in [-0.3, -0.25) is 4.79 Å². The van der Waals surface area contributed by atoms with Crippen LogP contribution in [0.5, 0.6) is 0 Å². The third-order valence-electron chi connectivity index (χ3n) is 1.61. The van der Waals surface area contributed by atoms with Crippen molar-refractivity contribution in [1.82, 2.24) is 5.32 Å². The zero-order valence-electron chi connectivity index (χ0n) is 6.58. The largest absolute Gasteiger partial charge is 0.397 e. The van der Waals surface area contributed by atoms with E-state index in [9.17, 15) is 4.79 Å². The van der Waals surface area contributed by atoms with Crippen LogP contribution >= 0.6 is 0 Å². The molecule has 64 valence electrons. The number of anilines is 2. The molecule has 0 saturated carbocycles. The quantitative estimate of drug-likeness (QED) is 0.439. The Kier molecular flexibility index (Phi) is 2.53. The van der Waals surface area contributed by atoms with E-state index in [0.717, 1.165) is 5.56 Å². The lowest BCUT2D eigenvalue weighted by atomic mass is 10.1. The summed E-state index contributed by atoms with van der Waals surface area (Å²) in [5.74, 6) is 0. The fourth-order valence-corrected chi connectivity index (χ4v) is 0.939. The Balaban J connectivity index is 2.84. The number of nitrogens with two attached hydrogens (primary N) is 2. The molecule has 1 rings (SSSR count). The van der Waals surface area contributed by atoms with Crippen LogP contribution < -0.4 is 16.8 Å². The van der Waals surface area contributed by atoms with Crippen LogP contribution in [0.3, 0.4) is 0 Å². The van der Waals surface area contributed by atoms with Crippen molar-refractivity contribution in [3.05, 3.63) is 23.8 Å². The summed E-state index contributed by atoms with van der Waals surface area (Å²) in [5.41, 5.74) is 13.1. The molecule has 1 aromatic carbocycles. The third kappa shape index (κ3) is 1.66. The number of benzene rings is 1. The summed E-state index contributed by atoms with van der Waals surface area (Å²) in [7, 11) is 0. The van der Waals surface area contributed by atoms with E-state index in [-0.39, 0.29) is 0 Å². The molecule has 0 fully saturated rings. The first-order chi connectivity index (χ1) is 5.75. The smallest absolute Gasteiger partial charge is 0.207 e. The van der Waals surface area contributed by atoms with Crippen molar-refractivity contribution in [2.75, 3.05) is 11.5 Å². The van der Waals surface area contributed by atoms with Crippen LogP contribution in [0.4, 0.5) is 11.4 Å². The first-order valence-electron chi connectivity index (χ1n) is 3.55. The molecule has 0 unspecified atom stereocenters. The Labute approximate surface area is 70.6 Å². The van der Waals surface area contributed by atoms with Crippen molar-refractivity contribution in [2.24, 2.45) is 0 Å². The molecule has 0 heterocycles. The molecular weight excluding hydrogens is 154 g/mol. The molecule has 1 aromatic rings. The predicted octanol–water partition coefficient (Wildman–Crippen LogP) is 0.0970. The lowest BCUT2D eigenvalue weighted by Crippen LogP contribution is -2.12. The van der Waals surface area contributed by atoms with Gasteiger partial charge in [-0.25, -0.2) is 0 Å². The number of carbonyl (C=O) groups excluding carboxylic acids is 1. The molecule has 5 N–H and O–H groups in total. The van der Waals surface area contributed by atoms with Gasteiger partial charge in [-0.1, -0.05) is 12.1 Å². The zero-order valence-corrected chi connectivity index (χ0v) is 6.58. The molecule has 0 saturated heterocycles. The maximum absolute atomic E-state index is 9.99. The van der Waals surface area contributed by atoms with Crippen molar-refractivity contribution in [3.63, 3.8) is 0 Å². The van der Waals surface area contributed by atoms with Gasteiger partial charge >= 0.3 is 0 Å². The van der Waals surface area contributed by atoms with E-state index in [4.69, 9.17) is 11.5 Å². The van der Waals surface area contributed by atoms with E-state index in [1.165, 1.54) is 0 Å². The van der Waals surface area contributed by atoms with Crippen LogP contribution in [0.15, 0.2) is 18.2 Å². The Hall–Kier alpha value is -1.71. The van der Waals surface area contributed by atoms with Gasteiger partial charge in [0.25, 0.3) is 0 Å². The molecule has 4 heteroatoms. The summed E-state index contributed by atoms with van der Waals surface area (Å²) in [5, 5.41) is 2.52. The number of para-hydroxylation sites is 1. The highest BCUT2D eigenvalue weighted by Crippen LogP contribution is 2.18. The fourth-order valence-electron chi connectivity index (χ4n) is 0.939. The van der Waals surface area contributed by atoms with Gasteiger partial charge < -0.3 is 16.8 Å². The van der Waals surface area contributed by atoms with E-state index >= 15 is 0 Å². The lowest BCUT2D eigenvalue weighted by molar-refractivity contribution is -0.109. The SMILES string of the molecule is Nc1cccc(CNC=O)c1N. The Bertz CT molecular complexity index is 286. The lowest BCUT2D eigenvalue weighted by Gasteiger charge is -2.06. The summed E-state index contributed by atoms with van der Waals surface area (Å²) >= 11 is 0. The highest BCUT2D eigenvalue weighted by Gasteiger charge is 1.99. The van der Waals surface area contributed by atoms with Crippen molar-refractivity contribution in [1.29, 1.82) is 0 Å². The summed E-state index contributed by atoms with van der Waals surface area (Å²) in [4.78, 5) is 9.99. The molecule has 0 aliphatic rings. The molecule has 0 atom stereocenters. The van der Waals surface area contributed by atoms with Crippen molar-refractivity contribution < 1.29 is 4.79 Å². The van der Waals surface area contributed by atoms with E-state index in [2.05, 4.69) is 5.32 Å². The highest BCUT2D eigenvalue weighted by molar-refractivity contribution is 5.67. The number of nitrogens with one attached hydrogen (secondary N) is 1. The molecule has 0 radical (unpaired) electrons. The van der Waals surface area contributed by atoms with Crippen LogP contribution in [0.2, 0.25) is 0 Å². The number of rotatable bonds is 3. The topological polar surface area (TPSA) is 81.1 Å². The maximum Gasteiger partial charge on any atom is 0.207 e. The van der Waals surface area contributed by atoms with E-state index < -0.39 is 0 Å². The third-order valence-corrected chi connectivity index (χ3v) is 1.61. The first-order valence-corrected chi connectivity index (χ1v) is 3.55. The van der Waals surface area contributed by atoms with Crippen LogP contribution in [0, 0.1) is 0 Å². The number of carbonyl (C=O) groups is 1. The summed E-state index contributed by atoms with van der Waals surface area (Å²) in [6.45, 7) is 0.417. The molecule has 1 amide bonds. The second-order valence-electron chi connectivity index (χ2n) is 2.42. The van der Waals surface area contributed by atoms with Crippen LogP contribution in [-0.4, -0.2) is 6.41 Å². The minimum atomic E-state index is 0.417. The van der Waals surface area contributed by atoms with E-state index in [0.29, 0.717) is 24.3 Å². The second-order valence-corrected chi connectivity index (χ2v) is 2.42. The monoisotopic (exact) mass is 165 g/mol. The van der Waals surface area contributed by atoms with Crippen molar-refractivity contribution in [2.45, 2.75) is 6.54 Å². The van der Waals surface area contributed by atoms with Crippen LogP contribution in [0.1, 0.15) is 5.56 Å². The standard InChI is InChI=1S/C8H11N3O/c9-7-3-1-2-6(8(7)10)4-11-5-12/h1-3,5H,4,9-10H2,(H,11,12). The van der Waals surface area contributed by atoms with Crippen molar-refractivity contribution >= 4 is 17.8 Å². The minimum Gasteiger partial charge on any atom is -0.397 e. The summed E-state index contributed by atoms with van der Waals surface area (Å²) in [6, 6.07) is 5.34. The second kappa shape index (κ2) is 3.61. The zero-order chi connectivity index (χ0) is 8.97. The predicted molar refractivity (Wildman–Crippen MR) is 48.2 cm³/mol. The Morgan fingerprint density at radius 1 is 1.42 bits per heavy atom. The highest BCUT2D eigenvalue weighted by atomic mass is 16.1. The average molecular weight is 165 g/mol. The molecule has 0 aliphatic carbocycles. The fraction of sp³-hybridized carbons (Fsp3) is 0.125. The van der Waals surface area contributed by atoms with Crippen LogP contribution in [-0.2, 0) is 11.3 Å². The Morgan fingerprint density at radius 3 is 2.83 bits per heavy atom. The molecule has 0 aromatic heterocycles. The Morgan fingerprint density at radius 2 is 2.17 bits per heavy atom. The van der Waals surface area contributed by atoms with Gasteiger partial charge in [-0.2, -0.15) is 0 Å². The van der Waals surface area contributed by atoms with Gasteiger partial charge in [0, 0.05) is 6.54 Å². The molecule has 0 spiro atoms. The number of hydrogen-bond acceptors (Lipinski definition) is 3. The van der Waals surface area contributed by atoms with E-state index in [1.54, 1.807) is 12.1 Å². The molecule has 12 heavy (non-hydrogen) atoms. The van der Waals surface area contributed by atoms with Crippen LogP contribution in [0.25, 0.3) is 0 Å². The van der Waals surface area contributed by atoms with Gasteiger partial charge in [-0.15, -0.1) is 0 Å². The molecule has 4 nitrogen and oxygen atoms in total. The van der Waals surface area contributed by atoms with Gasteiger partial charge in [0.1, 0.15) is 0 Å². The summed E-state index contributed by atoms with van der Waals surface area (Å²) < 4.78 is 0. The number of amides is 1. The molecule has 0 aliphatic heterocycles. The van der Waals surface area contributed by atoms with Gasteiger partial charge in [-0.05, 0) is 11.6 Å². The number of nitrogen functional groups attached to an aromatic ring is 2. The first kappa shape index (κ1) is 8.39. The van der Waals surface area contributed by atoms with E-state index in [1.807, 2.05) is 6.07 Å². The van der Waals surface area contributed by atoms with Gasteiger partial charge in [0.05, 0.1) is 11.4 Å². The maximum atomic E-state index is 9.99. The van der Waals surface area contributed by atoms with Gasteiger partial charge in [0.15, 0.2) is 0 Å². The molecule has 0 bridgehead atoms. The minimum absolute atomic E-state index is 0.417. The number of hydrogen-bond donors (Lipinski definition) is 3.